The van der Waals surface area contributed by atoms with Crippen molar-refractivity contribution in [3.63, 3.8) is 0 Å². The Morgan fingerprint density at radius 3 is 2.04 bits per heavy atom. The molecule has 1 aromatic carbocycles. The van der Waals surface area contributed by atoms with Gasteiger partial charge in [-0.1, -0.05) is 76.5 Å². The first kappa shape index (κ1) is 26.1. The Balaban J connectivity index is 0. The summed E-state index contributed by atoms with van der Waals surface area (Å²) in [6.45, 7) is 2.21. The van der Waals surface area contributed by atoms with Gasteiger partial charge in [-0.05, 0) is 18.6 Å². The predicted octanol–water partition coefficient (Wildman–Crippen LogP) is 2.47. The largest absolute Gasteiger partial charge is 1.00 e. The van der Waals surface area contributed by atoms with Gasteiger partial charge in [0.15, 0.2) is 0 Å². The summed E-state index contributed by atoms with van der Waals surface area (Å²) in [6.07, 6.45) is 10.3. The fraction of sp³-hybridized carbons (Fsp3) is 0.667. The summed E-state index contributed by atoms with van der Waals surface area (Å²) in [6, 6.07) is 8.99. The molecule has 0 fully saturated rings. The number of phosphoric acid groups is 1. The second kappa shape index (κ2) is 16.1. The number of ether oxygens (including phenoxy) is 1. The smallest absolute Gasteiger partial charge is 1.00 e. The average molecular weight is 398 g/mol. The van der Waals surface area contributed by atoms with Crippen LogP contribution in [0.4, 0.5) is 0 Å². The quantitative estimate of drug-likeness (QED) is 0.118. The summed E-state index contributed by atoms with van der Waals surface area (Å²) < 4.78 is 20.5. The van der Waals surface area contributed by atoms with Crippen molar-refractivity contribution in [3.05, 3.63) is 30.3 Å². The number of para-hydroxylation sites is 1. The van der Waals surface area contributed by atoms with E-state index in [1.165, 1.54) is 38.5 Å². The van der Waals surface area contributed by atoms with Crippen molar-refractivity contribution >= 4 is 7.82 Å². The molecule has 146 valence electrons. The van der Waals surface area contributed by atoms with Crippen LogP contribution in [0.25, 0.3) is 0 Å². The molecular formula is C18H32NaO6P. The Bertz CT molecular complexity index is 488. The molecule has 1 atom stereocenters. The Hall–Kier alpha value is 0.0900. The zero-order valence-corrected chi connectivity index (χ0v) is 18.9. The molecule has 1 unspecified atom stereocenters. The van der Waals surface area contributed by atoms with Crippen LogP contribution >= 0.6 is 7.82 Å². The van der Waals surface area contributed by atoms with Gasteiger partial charge in [0.1, 0.15) is 5.75 Å². The molecule has 8 heteroatoms. The molecule has 26 heavy (non-hydrogen) atoms. The van der Waals surface area contributed by atoms with Crippen LogP contribution in [0.1, 0.15) is 72.6 Å². The molecule has 0 radical (unpaired) electrons. The van der Waals surface area contributed by atoms with Crippen molar-refractivity contribution in [1.29, 1.82) is 0 Å². The fourth-order valence-corrected chi connectivity index (χ4v) is 2.71. The Morgan fingerprint density at radius 1 is 0.962 bits per heavy atom. The van der Waals surface area contributed by atoms with Crippen LogP contribution in [0, 0.1) is 0 Å². The van der Waals surface area contributed by atoms with Crippen molar-refractivity contribution in [2.45, 2.75) is 77.4 Å². The van der Waals surface area contributed by atoms with E-state index in [4.69, 9.17) is 19.4 Å². The monoisotopic (exact) mass is 398 g/mol. The fourth-order valence-electron chi connectivity index (χ4n) is 2.50. The van der Waals surface area contributed by atoms with Gasteiger partial charge in [-0.3, -0.25) is 0 Å². The first-order valence-corrected chi connectivity index (χ1v) is 10.7. The second-order valence-corrected chi connectivity index (χ2v) is 7.27. The Morgan fingerprint density at radius 2 is 1.50 bits per heavy atom. The summed E-state index contributed by atoms with van der Waals surface area (Å²) in [5.41, 5.74) is 0. The number of hydrogen-bond donors (Lipinski definition) is 2. The molecule has 0 bridgehead atoms. The summed E-state index contributed by atoms with van der Waals surface area (Å²) in [7, 11) is -4.69. The minimum absolute atomic E-state index is 0. The third-order valence-electron chi connectivity index (χ3n) is 3.80. The van der Waals surface area contributed by atoms with Gasteiger partial charge >= 0.3 is 37.4 Å². The minimum atomic E-state index is -4.69. The second-order valence-electron chi connectivity index (χ2n) is 6.14. The third kappa shape index (κ3) is 15.2. The van der Waals surface area contributed by atoms with Crippen molar-refractivity contribution in [2.24, 2.45) is 0 Å². The molecule has 0 aliphatic carbocycles. The number of rotatable bonds is 15. The molecule has 0 saturated heterocycles. The maximum absolute atomic E-state index is 10.8. The van der Waals surface area contributed by atoms with E-state index in [2.05, 4.69) is 11.6 Å². The maximum Gasteiger partial charge on any atom is 1.00 e. The first-order valence-electron chi connectivity index (χ1n) is 9.13. The third-order valence-corrected chi connectivity index (χ3v) is 4.08. The van der Waals surface area contributed by atoms with Crippen molar-refractivity contribution < 1.29 is 59.6 Å². The van der Waals surface area contributed by atoms with Crippen LogP contribution in [0.3, 0.4) is 0 Å². The zero-order valence-electron chi connectivity index (χ0n) is 17.0. The van der Waals surface area contributed by atoms with Crippen LogP contribution in [0.2, 0.25) is 0 Å². The van der Waals surface area contributed by atoms with E-state index in [-0.39, 0.29) is 31.0 Å². The maximum atomic E-state index is 10.8. The van der Waals surface area contributed by atoms with Gasteiger partial charge in [0, 0.05) is 6.42 Å². The van der Waals surface area contributed by atoms with Gasteiger partial charge in [0.2, 0.25) is 6.29 Å². The predicted molar refractivity (Wildman–Crippen MR) is 98.0 cm³/mol. The molecule has 0 saturated carbocycles. The van der Waals surface area contributed by atoms with Crippen LogP contribution in [0.15, 0.2) is 30.3 Å². The van der Waals surface area contributed by atoms with Gasteiger partial charge in [-0.2, -0.15) is 4.89 Å². The zero-order chi connectivity index (χ0) is 18.4. The summed E-state index contributed by atoms with van der Waals surface area (Å²) >= 11 is 0. The summed E-state index contributed by atoms with van der Waals surface area (Å²) in [5.74, 6) is 0.567. The molecule has 1 rings (SSSR count). The topological polar surface area (TPSA) is 85.2 Å². The van der Waals surface area contributed by atoms with E-state index >= 15 is 0 Å². The van der Waals surface area contributed by atoms with Gasteiger partial charge < -0.3 is 16.0 Å². The molecule has 0 aliphatic heterocycles. The molecule has 0 aromatic heterocycles. The van der Waals surface area contributed by atoms with E-state index in [1.807, 2.05) is 18.2 Å². The molecule has 0 heterocycles. The van der Waals surface area contributed by atoms with Crippen molar-refractivity contribution in [1.82, 2.24) is 0 Å². The molecule has 6 nitrogen and oxygen atoms in total. The van der Waals surface area contributed by atoms with E-state index in [0.717, 1.165) is 19.3 Å². The standard InChI is InChI=1S/C18H31O6P.Na.H/c1-2-3-4-5-6-7-8-9-13-16-18(23-24-25(19,20)21)22-17-14-11-10-12-15-17;;/h10-12,14-15,18H,2-9,13,16H2,1H3,(H2,19,20,21);;/q;+1;-1. The van der Waals surface area contributed by atoms with Crippen LogP contribution in [-0.2, 0) is 14.1 Å². The van der Waals surface area contributed by atoms with E-state index in [9.17, 15) is 4.57 Å². The average Bonchev–Trinajstić information content (AvgIpc) is 2.58. The van der Waals surface area contributed by atoms with Crippen LogP contribution in [-0.4, -0.2) is 16.1 Å². The molecule has 1 aromatic rings. The molecule has 0 aliphatic rings. The summed E-state index contributed by atoms with van der Waals surface area (Å²) in [5, 5.41) is 0. The van der Waals surface area contributed by atoms with E-state index < -0.39 is 14.1 Å². The van der Waals surface area contributed by atoms with E-state index in [0.29, 0.717) is 12.2 Å². The molecule has 2 N–H and O–H groups in total. The number of hydrogen-bond acceptors (Lipinski definition) is 4. The van der Waals surface area contributed by atoms with Crippen molar-refractivity contribution in [2.75, 3.05) is 0 Å². The SMILES string of the molecule is CCCCCCCCCCCC(OOP(=O)(O)O)Oc1ccccc1.[H-].[Na+]. The summed E-state index contributed by atoms with van der Waals surface area (Å²) in [4.78, 5) is 22.3. The minimum Gasteiger partial charge on any atom is -1.00 e. The molecule has 0 amide bonds. The number of unbranched alkanes of at least 4 members (excludes halogenated alkanes) is 8. The van der Waals surface area contributed by atoms with Crippen LogP contribution < -0.4 is 34.3 Å². The van der Waals surface area contributed by atoms with Gasteiger partial charge in [-0.15, -0.1) is 4.67 Å². The number of benzene rings is 1. The molecule has 0 spiro atoms. The Labute approximate surface area is 180 Å². The van der Waals surface area contributed by atoms with Crippen molar-refractivity contribution in [3.8, 4) is 5.75 Å². The Kier molecular flexibility index (Phi) is 16.1. The van der Waals surface area contributed by atoms with Gasteiger partial charge in [-0.25, -0.2) is 4.57 Å². The van der Waals surface area contributed by atoms with Gasteiger partial charge in [0.25, 0.3) is 0 Å². The normalized spacial score (nSPS) is 12.4. The van der Waals surface area contributed by atoms with Crippen LogP contribution in [0.5, 0.6) is 5.75 Å². The van der Waals surface area contributed by atoms with E-state index in [1.54, 1.807) is 12.1 Å². The first-order chi connectivity index (χ1) is 12.0. The molecular weight excluding hydrogens is 366 g/mol. The van der Waals surface area contributed by atoms with Gasteiger partial charge in [0.05, 0.1) is 0 Å².